The molecule has 0 N–H and O–H groups in total. The van der Waals surface area contributed by atoms with Crippen LogP contribution in [0.3, 0.4) is 0 Å². The van der Waals surface area contributed by atoms with Crippen LogP contribution in [0.1, 0.15) is 5.56 Å². The number of rotatable bonds is 15. The van der Waals surface area contributed by atoms with Crippen molar-refractivity contribution >= 4 is 60.7 Å². The Kier molecular flexibility index (Phi) is 12.3. The minimum Gasteiger partial charge on any atom is -0.318 e. The number of fused-ring (bicyclic) bond motifs is 6. The molecule has 9 aromatic rings. The van der Waals surface area contributed by atoms with Gasteiger partial charge in [0.15, 0.2) is 0 Å². The Balaban J connectivity index is 1.01. The summed E-state index contributed by atoms with van der Waals surface area (Å²) in [7, 11) is 0. The Hall–Kier alpha value is -9.62. The fourth-order valence-corrected chi connectivity index (χ4v) is 8.58. The molecule has 2 heterocycles. The van der Waals surface area contributed by atoms with Crippen LogP contribution in [0.5, 0.6) is 0 Å². The summed E-state index contributed by atoms with van der Waals surface area (Å²) < 4.78 is 4.57. The highest BCUT2D eigenvalue weighted by Gasteiger charge is 2.18. The van der Waals surface area contributed by atoms with Crippen molar-refractivity contribution in [3.8, 4) is 23.5 Å². The summed E-state index contributed by atoms with van der Waals surface area (Å²) >= 11 is 0. The fourth-order valence-electron chi connectivity index (χ4n) is 8.58. The molecule has 0 aliphatic heterocycles. The molecule has 0 atom stereocenters. The first-order chi connectivity index (χ1) is 33.3. The van der Waals surface area contributed by atoms with Gasteiger partial charge < -0.3 is 18.9 Å². The molecule has 68 heavy (non-hydrogen) atoms. The monoisotopic (exact) mass is 874 g/mol. The van der Waals surface area contributed by atoms with Gasteiger partial charge in [-0.15, -0.1) is 0 Å². The number of nitrogens with zero attached hydrogens (tertiary/aromatic N) is 6. The summed E-state index contributed by atoms with van der Waals surface area (Å²) in [5, 5.41) is 23.6. The topological polar surface area (TPSA) is 63.9 Å². The maximum absolute atomic E-state index is 9.61. The molecule has 6 nitrogen and oxygen atoms in total. The third-order valence-electron chi connectivity index (χ3n) is 12.0. The van der Waals surface area contributed by atoms with Crippen molar-refractivity contribution in [2.75, 3.05) is 9.80 Å². The quantitative estimate of drug-likeness (QED) is 0.0760. The lowest BCUT2D eigenvalue weighted by molar-refractivity contribution is 1.18. The van der Waals surface area contributed by atoms with Crippen LogP contribution in [0.25, 0.3) is 55.0 Å². The molecule has 0 saturated carbocycles. The lowest BCUT2D eigenvalue weighted by Gasteiger charge is -2.26. The van der Waals surface area contributed by atoms with Crippen LogP contribution in [-0.2, 0) is 0 Å². The molecular weight excluding hydrogens is 829 g/mol. The van der Waals surface area contributed by atoms with Crippen molar-refractivity contribution in [3.63, 3.8) is 0 Å². The van der Waals surface area contributed by atoms with E-state index >= 15 is 0 Å². The smallest absolute Gasteiger partial charge is 0.0991 e. The second-order valence-electron chi connectivity index (χ2n) is 16.1. The van der Waals surface area contributed by atoms with Gasteiger partial charge in [-0.05, 0) is 133 Å². The normalized spacial score (nSPS) is 11.7. The summed E-state index contributed by atoms with van der Waals surface area (Å²) in [6, 6.07) is 62.3. The Morgan fingerprint density at radius 3 is 1.49 bits per heavy atom. The number of para-hydroxylation sites is 4. The molecule has 0 aliphatic rings. The zero-order valence-corrected chi connectivity index (χ0v) is 37.5. The molecule has 0 fully saturated rings. The van der Waals surface area contributed by atoms with Gasteiger partial charge in [0.05, 0.1) is 45.3 Å². The van der Waals surface area contributed by atoms with Crippen molar-refractivity contribution in [3.05, 3.63) is 285 Å². The Labute approximate surface area is 397 Å². The van der Waals surface area contributed by atoms with Crippen LogP contribution in [0.2, 0.25) is 0 Å². The molecule has 0 spiro atoms. The van der Waals surface area contributed by atoms with E-state index in [0.29, 0.717) is 33.7 Å². The van der Waals surface area contributed by atoms with Crippen molar-refractivity contribution < 1.29 is 0 Å². The average Bonchev–Trinajstić information content (AvgIpc) is 3.90. The molecule has 6 heteroatoms. The van der Waals surface area contributed by atoms with Gasteiger partial charge in [0.2, 0.25) is 0 Å². The Bertz CT molecular complexity index is 3670. The summed E-state index contributed by atoms with van der Waals surface area (Å²) in [4.78, 5) is 4.06. The number of aromatic nitrogens is 2. The molecule has 0 amide bonds. The highest BCUT2D eigenvalue weighted by Crippen LogP contribution is 2.39. The Morgan fingerprint density at radius 2 is 0.956 bits per heavy atom. The molecule has 9 rings (SSSR count). The number of allylic oxidation sites excluding steroid dienone is 10. The zero-order chi connectivity index (χ0) is 47.1. The second kappa shape index (κ2) is 19.2. The third kappa shape index (κ3) is 8.53. The predicted molar refractivity (Wildman–Crippen MR) is 285 cm³/mol. The largest absolute Gasteiger partial charge is 0.318 e. The van der Waals surface area contributed by atoms with Crippen molar-refractivity contribution in [1.29, 1.82) is 10.5 Å². The summed E-state index contributed by atoms with van der Waals surface area (Å²) in [6.07, 6.45) is 14.6. The van der Waals surface area contributed by atoms with Crippen molar-refractivity contribution in [2.45, 2.75) is 0 Å². The van der Waals surface area contributed by atoms with Crippen LogP contribution in [0.15, 0.2) is 280 Å². The van der Waals surface area contributed by atoms with Crippen LogP contribution >= 0.6 is 0 Å². The first-order valence-corrected chi connectivity index (χ1v) is 22.1. The lowest BCUT2D eigenvalue weighted by Crippen LogP contribution is -2.14. The van der Waals surface area contributed by atoms with Crippen LogP contribution in [0, 0.1) is 22.7 Å². The molecular formula is C62H46N6. The van der Waals surface area contributed by atoms with E-state index in [1.54, 1.807) is 6.08 Å². The van der Waals surface area contributed by atoms with E-state index in [1.165, 1.54) is 6.08 Å². The van der Waals surface area contributed by atoms with Gasteiger partial charge in [-0.25, -0.2) is 0 Å². The number of nitriles is 2. The van der Waals surface area contributed by atoms with E-state index in [1.807, 2.05) is 90.0 Å². The van der Waals surface area contributed by atoms with E-state index in [2.05, 4.69) is 180 Å². The minimum absolute atomic E-state index is 0.441. The molecule has 0 unspecified atom stereocenters. The maximum atomic E-state index is 9.61. The number of benzene rings is 7. The van der Waals surface area contributed by atoms with E-state index in [9.17, 15) is 10.5 Å². The SMILES string of the molecule is C=C/C(C#N)=C\C=C\N(C(=C)/C=C\C(=C)C(=C)/C=C\C(=C)N(c1ccc(C#N)cc1)c1ccc2c(c1)c1ccccc1n2-c1ccccc1)c1ccc2c(c1)c1ccccc1n2-c1ccccc1. The molecule has 0 bridgehead atoms. The van der Waals surface area contributed by atoms with Gasteiger partial charge in [0, 0.05) is 67.6 Å². The maximum Gasteiger partial charge on any atom is 0.0991 e. The number of anilines is 3. The molecule has 2 aromatic heterocycles. The van der Waals surface area contributed by atoms with Crippen LogP contribution < -0.4 is 9.80 Å². The lowest BCUT2D eigenvalue weighted by atomic mass is 10.1. The van der Waals surface area contributed by atoms with Gasteiger partial charge in [-0.2, -0.15) is 10.5 Å². The summed E-state index contributed by atoms with van der Waals surface area (Å²) in [5.41, 5.74) is 12.9. The van der Waals surface area contributed by atoms with E-state index in [-0.39, 0.29) is 0 Å². The van der Waals surface area contributed by atoms with Crippen molar-refractivity contribution in [1.82, 2.24) is 9.13 Å². The zero-order valence-electron chi connectivity index (χ0n) is 37.5. The molecule has 0 aliphatic carbocycles. The fraction of sp³-hybridized carbons (Fsp3) is 0. The van der Waals surface area contributed by atoms with Gasteiger partial charge in [-0.1, -0.05) is 124 Å². The number of hydrogen-bond acceptors (Lipinski definition) is 4. The van der Waals surface area contributed by atoms with Crippen molar-refractivity contribution in [2.24, 2.45) is 0 Å². The van der Waals surface area contributed by atoms with Gasteiger partial charge >= 0.3 is 0 Å². The third-order valence-corrected chi connectivity index (χ3v) is 12.0. The van der Waals surface area contributed by atoms with E-state index < -0.39 is 0 Å². The van der Waals surface area contributed by atoms with Crippen LogP contribution in [-0.4, -0.2) is 9.13 Å². The summed E-state index contributed by atoms with van der Waals surface area (Å²) in [6.45, 7) is 21.5. The highest BCUT2D eigenvalue weighted by molar-refractivity contribution is 6.11. The molecule has 0 radical (unpaired) electrons. The first kappa shape index (κ1) is 43.6. The van der Waals surface area contributed by atoms with Gasteiger partial charge in [-0.3, -0.25) is 0 Å². The predicted octanol–water partition coefficient (Wildman–Crippen LogP) is 15.8. The van der Waals surface area contributed by atoms with E-state index in [0.717, 1.165) is 72.0 Å². The van der Waals surface area contributed by atoms with Crippen LogP contribution in [0.4, 0.5) is 17.1 Å². The van der Waals surface area contributed by atoms with E-state index in [4.69, 9.17) is 0 Å². The average molecular weight is 875 g/mol. The molecule has 7 aromatic carbocycles. The second-order valence-corrected chi connectivity index (χ2v) is 16.1. The number of hydrogen-bond donors (Lipinski definition) is 0. The minimum atomic E-state index is 0.441. The molecule has 324 valence electrons. The standard InChI is InChI=1S/C62H46N6/c1-6-48(42-63)18-17-39-65(53-35-37-61-57(40-53)55-23-13-15-25-59(55)67(61)50-19-9-7-10-20-50)46(4)29-27-44(2)45(3)28-30-47(5)66(52-33-31-49(43-64)32-34-52)54-36-38-62-58(41-54)56-24-14-16-26-60(56)68(62)51-21-11-8-12-22-51/h6-41H,1-5H2/b29-27-,30-28-,39-17+,48-18+. The first-order valence-electron chi connectivity index (χ1n) is 22.1. The van der Waals surface area contributed by atoms with Gasteiger partial charge in [0.1, 0.15) is 0 Å². The molecule has 0 saturated heterocycles. The van der Waals surface area contributed by atoms with Gasteiger partial charge in [0.25, 0.3) is 0 Å². The summed E-state index contributed by atoms with van der Waals surface area (Å²) in [5.74, 6) is 0. The highest BCUT2D eigenvalue weighted by atomic mass is 15.1. The Morgan fingerprint density at radius 1 is 0.485 bits per heavy atom.